The summed E-state index contributed by atoms with van der Waals surface area (Å²) in [5, 5.41) is 13.7. The Kier molecular flexibility index (Phi) is 5.74. The van der Waals surface area contributed by atoms with Crippen molar-refractivity contribution >= 4 is 17.4 Å². The van der Waals surface area contributed by atoms with Crippen LogP contribution in [0.3, 0.4) is 0 Å². The Hall–Kier alpha value is -2.83. The lowest BCUT2D eigenvalue weighted by molar-refractivity contribution is 0.102. The maximum atomic E-state index is 12.2. The molecule has 0 unspecified atom stereocenters. The molecule has 0 aliphatic carbocycles. The van der Waals surface area contributed by atoms with Gasteiger partial charge < -0.3 is 20.1 Å². The lowest BCUT2D eigenvalue weighted by Crippen LogP contribution is -2.15. The Labute approximate surface area is 135 Å². The average Bonchev–Trinajstić information content (AvgIpc) is 2.60. The van der Waals surface area contributed by atoms with Crippen LogP contribution in [0.15, 0.2) is 30.3 Å². The fourth-order valence-electron chi connectivity index (χ4n) is 1.91. The highest BCUT2D eigenvalue weighted by molar-refractivity contribution is 6.02. The monoisotopic (exact) mass is 316 g/mol. The Morgan fingerprint density at radius 3 is 2.48 bits per heavy atom. The van der Waals surface area contributed by atoms with Crippen molar-refractivity contribution in [1.82, 2.24) is 10.2 Å². The van der Waals surface area contributed by atoms with E-state index in [1.54, 1.807) is 37.4 Å². The fraction of sp³-hybridized carbons (Fsp3) is 0.312. The number of aromatic nitrogens is 2. The molecule has 2 rings (SSSR count). The Balaban J connectivity index is 2.06. The van der Waals surface area contributed by atoms with E-state index in [0.717, 1.165) is 13.0 Å². The summed E-state index contributed by atoms with van der Waals surface area (Å²) in [7, 11) is 3.09. The van der Waals surface area contributed by atoms with E-state index in [9.17, 15) is 4.79 Å². The minimum atomic E-state index is -0.341. The lowest BCUT2D eigenvalue weighted by Gasteiger charge is -2.10. The number of carbonyl (C=O) groups excluding carboxylic acids is 1. The molecule has 7 heteroatoms. The molecule has 1 aromatic heterocycles. The number of carbonyl (C=O) groups is 1. The number of hydrogen-bond donors (Lipinski definition) is 2. The molecule has 0 saturated carbocycles. The van der Waals surface area contributed by atoms with Gasteiger partial charge in [0, 0.05) is 18.3 Å². The lowest BCUT2D eigenvalue weighted by atomic mass is 10.2. The van der Waals surface area contributed by atoms with Crippen molar-refractivity contribution in [3.63, 3.8) is 0 Å². The van der Waals surface area contributed by atoms with Crippen molar-refractivity contribution in [1.29, 1.82) is 0 Å². The van der Waals surface area contributed by atoms with Crippen molar-refractivity contribution < 1.29 is 14.3 Å². The summed E-state index contributed by atoms with van der Waals surface area (Å²) in [6.45, 7) is 2.87. The van der Waals surface area contributed by atoms with E-state index < -0.39 is 0 Å². The summed E-state index contributed by atoms with van der Waals surface area (Å²) in [6.07, 6.45) is 0.989. The molecule has 7 nitrogen and oxygen atoms in total. The standard InChI is InChI=1S/C16H20N4O3/c1-4-9-17-15-8-6-12(19-20-15)16(21)18-11-5-7-13(22-2)14(10-11)23-3/h5-8,10H,4,9H2,1-3H3,(H,17,20)(H,18,21). The van der Waals surface area contributed by atoms with Gasteiger partial charge in [0.2, 0.25) is 0 Å². The molecule has 0 aliphatic heterocycles. The van der Waals surface area contributed by atoms with Crippen molar-refractivity contribution in [2.75, 3.05) is 31.4 Å². The van der Waals surface area contributed by atoms with E-state index in [2.05, 4.69) is 27.8 Å². The zero-order valence-corrected chi connectivity index (χ0v) is 13.4. The Morgan fingerprint density at radius 2 is 1.87 bits per heavy atom. The van der Waals surface area contributed by atoms with Crippen LogP contribution in [0.5, 0.6) is 11.5 Å². The zero-order chi connectivity index (χ0) is 16.7. The number of benzene rings is 1. The van der Waals surface area contributed by atoms with Crippen molar-refractivity contribution in [3.05, 3.63) is 36.0 Å². The molecule has 0 spiro atoms. The van der Waals surface area contributed by atoms with Gasteiger partial charge in [-0.25, -0.2) is 0 Å². The van der Waals surface area contributed by atoms with Gasteiger partial charge in [-0.3, -0.25) is 4.79 Å². The number of nitrogens with one attached hydrogen (secondary N) is 2. The smallest absolute Gasteiger partial charge is 0.276 e. The predicted octanol–water partition coefficient (Wildman–Crippen LogP) is 2.57. The van der Waals surface area contributed by atoms with Crippen LogP contribution in [0.1, 0.15) is 23.8 Å². The van der Waals surface area contributed by atoms with E-state index in [4.69, 9.17) is 9.47 Å². The third kappa shape index (κ3) is 4.32. The van der Waals surface area contributed by atoms with Gasteiger partial charge in [-0.05, 0) is 30.7 Å². The molecule has 1 amide bonds. The average molecular weight is 316 g/mol. The second-order valence-electron chi connectivity index (χ2n) is 4.75. The summed E-state index contributed by atoms with van der Waals surface area (Å²) in [5.41, 5.74) is 0.824. The van der Waals surface area contributed by atoms with E-state index >= 15 is 0 Å². The molecule has 23 heavy (non-hydrogen) atoms. The van der Waals surface area contributed by atoms with Crippen LogP contribution >= 0.6 is 0 Å². The van der Waals surface area contributed by atoms with E-state index in [-0.39, 0.29) is 11.6 Å². The second kappa shape index (κ2) is 7.98. The highest BCUT2D eigenvalue weighted by Crippen LogP contribution is 2.29. The van der Waals surface area contributed by atoms with E-state index in [1.165, 1.54) is 7.11 Å². The van der Waals surface area contributed by atoms with Gasteiger partial charge in [-0.2, -0.15) is 0 Å². The van der Waals surface area contributed by atoms with Gasteiger partial charge in [0.15, 0.2) is 17.2 Å². The van der Waals surface area contributed by atoms with Crippen molar-refractivity contribution in [3.8, 4) is 11.5 Å². The van der Waals surface area contributed by atoms with Crippen molar-refractivity contribution in [2.45, 2.75) is 13.3 Å². The number of ether oxygens (including phenoxy) is 2. The first kappa shape index (κ1) is 16.5. The number of amides is 1. The Morgan fingerprint density at radius 1 is 1.09 bits per heavy atom. The van der Waals surface area contributed by atoms with Gasteiger partial charge in [0.1, 0.15) is 5.82 Å². The number of anilines is 2. The topological polar surface area (TPSA) is 85.4 Å². The molecular formula is C16H20N4O3. The molecule has 0 atom stereocenters. The van der Waals surface area contributed by atoms with Crippen LogP contribution in [0.25, 0.3) is 0 Å². The van der Waals surface area contributed by atoms with E-state index in [0.29, 0.717) is 23.0 Å². The van der Waals surface area contributed by atoms with Crippen LogP contribution in [-0.2, 0) is 0 Å². The summed E-state index contributed by atoms with van der Waals surface area (Å²) in [6, 6.07) is 8.48. The number of methoxy groups -OCH3 is 2. The van der Waals surface area contributed by atoms with Crippen LogP contribution in [0, 0.1) is 0 Å². The number of nitrogens with zero attached hydrogens (tertiary/aromatic N) is 2. The minimum Gasteiger partial charge on any atom is -0.493 e. The molecular weight excluding hydrogens is 296 g/mol. The third-order valence-corrected chi connectivity index (χ3v) is 3.09. The first-order valence-electron chi connectivity index (χ1n) is 7.29. The van der Waals surface area contributed by atoms with Gasteiger partial charge in [-0.1, -0.05) is 6.92 Å². The van der Waals surface area contributed by atoms with E-state index in [1.807, 2.05) is 0 Å². The van der Waals surface area contributed by atoms with Gasteiger partial charge >= 0.3 is 0 Å². The molecule has 122 valence electrons. The summed E-state index contributed by atoms with van der Waals surface area (Å²) in [5.74, 6) is 1.44. The first-order chi connectivity index (χ1) is 11.2. The zero-order valence-electron chi connectivity index (χ0n) is 13.4. The quantitative estimate of drug-likeness (QED) is 0.816. The van der Waals surface area contributed by atoms with Crippen LogP contribution < -0.4 is 20.1 Å². The molecule has 0 aliphatic rings. The second-order valence-corrected chi connectivity index (χ2v) is 4.75. The molecule has 0 bridgehead atoms. The maximum Gasteiger partial charge on any atom is 0.276 e. The van der Waals surface area contributed by atoms with Gasteiger partial charge in [0.05, 0.1) is 14.2 Å². The van der Waals surface area contributed by atoms with Crippen LogP contribution in [0.2, 0.25) is 0 Å². The third-order valence-electron chi connectivity index (χ3n) is 3.09. The summed E-state index contributed by atoms with van der Waals surface area (Å²) >= 11 is 0. The molecule has 1 heterocycles. The minimum absolute atomic E-state index is 0.238. The normalized spacial score (nSPS) is 10.0. The number of hydrogen-bond acceptors (Lipinski definition) is 6. The number of rotatable bonds is 7. The summed E-state index contributed by atoms with van der Waals surface area (Å²) in [4.78, 5) is 12.2. The molecule has 2 aromatic rings. The maximum absolute atomic E-state index is 12.2. The molecule has 0 saturated heterocycles. The molecule has 0 radical (unpaired) electrons. The van der Waals surface area contributed by atoms with Crippen LogP contribution in [-0.4, -0.2) is 36.9 Å². The molecule has 0 fully saturated rings. The van der Waals surface area contributed by atoms with Gasteiger partial charge in [-0.15, -0.1) is 10.2 Å². The largest absolute Gasteiger partial charge is 0.493 e. The highest BCUT2D eigenvalue weighted by Gasteiger charge is 2.11. The fourth-order valence-corrected chi connectivity index (χ4v) is 1.91. The molecule has 2 N–H and O–H groups in total. The van der Waals surface area contributed by atoms with Gasteiger partial charge in [0.25, 0.3) is 5.91 Å². The van der Waals surface area contributed by atoms with Crippen molar-refractivity contribution in [2.24, 2.45) is 0 Å². The molecule has 1 aromatic carbocycles. The Bertz CT molecular complexity index is 659. The highest BCUT2D eigenvalue weighted by atomic mass is 16.5. The first-order valence-corrected chi connectivity index (χ1v) is 7.29. The SMILES string of the molecule is CCCNc1ccc(C(=O)Nc2ccc(OC)c(OC)c2)nn1. The van der Waals surface area contributed by atoms with Crippen LogP contribution in [0.4, 0.5) is 11.5 Å². The summed E-state index contributed by atoms with van der Waals surface area (Å²) < 4.78 is 10.4. The predicted molar refractivity (Wildman–Crippen MR) is 88.3 cm³/mol.